The first-order valence-corrected chi connectivity index (χ1v) is 8.97. The van der Waals surface area contributed by atoms with E-state index in [0.29, 0.717) is 0 Å². The van der Waals surface area contributed by atoms with Gasteiger partial charge in [-0.1, -0.05) is 42.8 Å². The second-order valence-electron chi connectivity index (χ2n) is 6.34. The van der Waals surface area contributed by atoms with Crippen LogP contribution in [-0.4, -0.2) is 31.7 Å². The van der Waals surface area contributed by atoms with E-state index in [2.05, 4.69) is 51.6 Å². The van der Waals surface area contributed by atoms with Gasteiger partial charge in [-0.25, -0.2) is 9.67 Å². The number of amides is 1. The molecule has 2 heterocycles. The summed E-state index contributed by atoms with van der Waals surface area (Å²) in [7, 11) is 0. The van der Waals surface area contributed by atoms with E-state index in [1.165, 1.54) is 18.0 Å². The van der Waals surface area contributed by atoms with Gasteiger partial charge in [-0.3, -0.25) is 9.78 Å². The number of aromatic nitrogens is 4. The van der Waals surface area contributed by atoms with Crippen molar-refractivity contribution in [2.75, 3.05) is 0 Å². The molecule has 0 radical (unpaired) electrons. The summed E-state index contributed by atoms with van der Waals surface area (Å²) >= 11 is 0. The Hall–Kier alpha value is -3.28. The normalized spacial score (nSPS) is 13.4. The lowest BCUT2D eigenvalue weighted by Crippen LogP contribution is -2.41. The average Bonchev–Trinajstić information content (AvgIpc) is 3.22. The van der Waals surface area contributed by atoms with Crippen LogP contribution in [0, 0.1) is 6.92 Å². The van der Waals surface area contributed by atoms with Crippen molar-refractivity contribution in [2.24, 2.45) is 0 Å². The molecular formula is C21H23N5O. The molecule has 3 aromatic rings. The second kappa shape index (κ2) is 8.89. The van der Waals surface area contributed by atoms with Crippen molar-refractivity contribution in [3.8, 4) is 0 Å². The first-order chi connectivity index (χ1) is 13.2. The highest BCUT2D eigenvalue weighted by molar-refractivity contribution is 5.91. The highest BCUT2D eigenvalue weighted by Crippen LogP contribution is 2.23. The Bertz CT molecular complexity index is 873. The largest absolute Gasteiger partial charge is 0.347 e. The van der Waals surface area contributed by atoms with Gasteiger partial charge in [-0.05, 0) is 37.1 Å². The third kappa shape index (κ3) is 4.88. The van der Waals surface area contributed by atoms with Crippen LogP contribution in [-0.2, 0) is 4.79 Å². The van der Waals surface area contributed by atoms with Crippen molar-refractivity contribution in [3.63, 3.8) is 0 Å². The van der Waals surface area contributed by atoms with Crippen LogP contribution >= 0.6 is 0 Å². The third-order valence-electron chi connectivity index (χ3n) is 4.38. The summed E-state index contributed by atoms with van der Waals surface area (Å²) in [4.78, 5) is 20.7. The van der Waals surface area contributed by atoms with Gasteiger partial charge in [0.1, 0.15) is 12.7 Å². The smallest absolute Gasteiger partial charge is 0.244 e. The first-order valence-electron chi connectivity index (χ1n) is 8.97. The minimum Gasteiger partial charge on any atom is -0.347 e. The highest BCUT2D eigenvalue weighted by atomic mass is 16.1. The summed E-state index contributed by atoms with van der Waals surface area (Å²) in [5.41, 5.74) is 3.01. The number of pyridine rings is 1. The van der Waals surface area contributed by atoms with E-state index in [-0.39, 0.29) is 18.0 Å². The van der Waals surface area contributed by atoms with Gasteiger partial charge in [-0.2, -0.15) is 5.10 Å². The van der Waals surface area contributed by atoms with Gasteiger partial charge in [0.25, 0.3) is 0 Å². The highest BCUT2D eigenvalue weighted by Gasteiger charge is 2.25. The van der Waals surface area contributed by atoms with Crippen molar-refractivity contribution in [1.29, 1.82) is 0 Å². The van der Waals surface area contributed by atoms with Crippen molar-refractivity contribution < 1.29 is 4.79 Å². The van der Waals surface area contributed by atoms with Crippen LogP contribution in [0.1, 0.15) is 36.2 Å². The summed E-state index contributed by atoms with van der Waals surface area (Å²) in [6.45, 7) is 4.10. The van der Waals surface area contributed by atoms with Crippen LogP contribution in [0.5, 0.6) is 0 Å². The SMILES string of the molecule is CCC(NC(=O)C=Cc1ccccn1)C(c1ccc(C)cc1)n1cncn1. The van der Waals surface area contributed by atoms with Crippen LogP contribution in [0.4, 0.5) is 0 Å². The van der Waals surface area contributed by atoms with Gasteiger partial charge in [0, 0.05) is 12.3 Å². The number of benzene rings is 1. The molecule has 3 rings (SSSR count). The average molecular weight is 361 g/mol. The van der Waals surface area contributed by atoms with Gasteiger partial charge in [-0.15, -0.1) is 0 Å². The lowest BCUT2D eigenvalue weighted by atomic mass is 9.96. The van der Waals surface area contributed by atoms with Crippen molar-refractivity contribution in [3.05, 3.63) is 84.2 Å². The number of rotatable bonds is 7. The number of carbonyl (C=O) groups excluding carboxylic acids is 1. The number of nitrogens with one attached hydrogen (secondary N) is 1. The molecule has 27 heavy (non-hydrogen) atoms. The Balaban J connectivity index is 1.80. The van der Waals surface area contributed by atoms with E-state index in [1.54, 1.807) is 23.3 Å². The molecule has 0 aliphatic rings. The number of hydrogen-bond acceptors (Lipinski definition) is 4. The standard InChI is InChI=1S/C21H23N5O/c1-3-19(25-20(27)12-11-18-6-4-5-13-23-18)21(26-15-22-14-24-26)17-9-7-16(2)8-10-17/h4-15,19,21H,3H2,1-2H3,(H,25,27). The van der Waals surface area contributed by atoms with E-state index < -0.39 is 0 Å². The molecule has 2 atom stereocenters. The maximum Gasteiger partial charge on any atom is 0.244 e. The molecule has 6 heteroatoms. The zero-order valence-corrected chi connectivity index (χ0v) is 15.5. The van der Waals surface area contributed by atoms with Gasteiger partial charge in [0.15, 0.2) is 0 Å². The zero-order valence-electron chi connectivity index (χ0n) is 15.5. The minimum atomic E-state index is -0.162. The number of nitrogens with zero attached hydrogens (tertiary/aromatic N) is 4. The first kappa shape index (κ1) is 18.5. The Morgan fingerprint density at radius 2 is 2.04 bits per heavy atom. The molecule has 0 aliphatic carbocycles. The molecule has 0 fully saturated rings. The van der Waals surface area contributed by atoms with E-state index in [0.717, 1.165) is 17.7 Å². The van der Waals surface area contributed by atoms with Gasteiger partial charge >= 0.3 is 0 Å². The molecule has 0 bridgehead atoms. The Labute approximate surface area is 159 Å². The Morgan fingerprint density at radius 1 is 1.22 bits per heavy atom. The quantitative estimate of drug-likeness (QED) is 0.656. The molecule has 1 N–H and O–H groups in total. The number of aryl methyl sites for hydroxylation is 1. The predicted octanol–water partition coefficient (Wildman–Crippen LogP) is 3.18. The maximum atomic E-state index is 12.5. The Morgan fingerprint density at radius 3 is 2.67 bits per heavy atom. The molecule has 0 saturated carbocycles. The van der Waals surface area contributed by atoms with Crippen molar-refractivity contribution in [1.82, 2.24) is 25.1 Å². The van der Waals surface area contributed by atoms with E-state index in [9.17, 15) is 4.79 Å². The zero-order chi connectivity index (χ0) is 19.1. The van der Waals surface area contributed by atoms with Crippen molar-refractivity contribution >= 4 is 12.0 Å². The third-order valence-corrected chi connectivity index (χ3v) is 4.38. The summed E-state index contributed by atoms with van der Waals surface area (Å²) in [6, 6.07) is 13.6. The summed E-state index contributed by atoms with van der Waals surface area (Å²) in [6.07, 6.45) is 8.86. The van der Waals surface area contributed by atoms with E-state index >= 15 is 0 Å². The van der Waals surface area contributed by atoms with Gasteiger partial charge < -0.3 is 5.32 Å². The topological polar surface area (TPSA) is 72.7 Å². The van der Waals surface area contributed by atoms with Crippen molar-refractivity contribution in [2.45, 2.75) is 32.4 Å². The molecule has 1 amide bonds. The molecule has 2 unspecified atom stereocenters. The molecular weight excluding hydrogens is 338 g/mol. The number of carbonyl (C=O) groups is 1. The lowest BCUT2D eigenvalue weighted by Gasteiger charge is -2.27. The van der Waals surface area contributed by atoms with Gasteiger partial charge in [0.2, 0.25) is 5.91 Å². The Kier molecular flexibility index (Phi) is 6.10. The predicted molar refractivity (Wildman–Crippen MR) is 105 cm³/mol. The molecule has 0 aliphatic heterocycles. The fourth-order valence-corrected chi connectivity index (χ4v) is 2.96. The summed E-state index contributed by atoms with van der Waals surface area (Å²) in [5, 5.41) is 7.41. The molecule has 2 aromatic heterocycles. The van der Waals surface area contributed by atoms with E-state index in [4.69, 9.17) is 0 Å². The van der Waals surface area contributed by atoms with Crippen LogP contribution in [0.2, 0.25) is 0 Å². The summed E-state index contributed by atoms with van der Waals surface area (Å²) in [5.74, 6) is -0.162. The van der Waals surface area contributed by atoms with Gasteiger partial charge in [0.05, 0.1) is 17.8 Å². The molecule has 138 valence electrons. The molecule has 0 saturated heterocycles. The lowest BCUT2D eigenvalue weighted by molar-refractivity contribution is -0.117. The summed E-state index contributed by atoms with van der Waals surface area (Å²) < 4.78 is 1.79. The molecule has 1 aromatic carbocycles. The molecule has 0 spiro atoms. The molecule has 6 nitrogen and oxygen atoms in total. The second-order valence-corrected chi connectivity index (χ2v) is 6.34. The van der Waals surface area contributed by atoms with E-state index in [1.807, 2.05) is 25.1 Å². The maximum absolute atomic E-state index is 12.5. The fourth-order valence-electron chi connectivity index (χ4n) is 2.96. The van der Waals surface area contributed by atoms with Crippen LogP contribution in [0.15, 0.2) is 67.4 Å². The van der Waals surface area contributed by atoms with Crippen LogP contribution in [0.3, 0.4) is 0 Å². The minimum absolute atomic E-state index is 0.129. The monoisotopic (exact) mass is 361 g/mol. The fraction of sp³-hybridized carbons (Fsp3) is 0.238. The number of hydrogen-bond donors (Lipinski definition) is 1. The van der Waals surface area contributed by atoms with Crippen LogP contribution in [0.25, 0.3) is 6.08 Å². The van der Waals surface area contributed by atoms with Crippen LogP contribution < -0.4 is 5.32 Å².